The van der Waals surface area contributed by atoms with Crippen molar-refractivity contribution in [1.29, 1.82) is 0 Å². The van der Waals surface area contributed by atoms with Crippen LogP contribution >= 0.6 is 0 Å². The van der Waals surface area contributed by atoms with Crippen LogP contribution in [0.4, 0.5) is 0 Å². The van der Waals surface area contributed by atoms with Gasteiger partial charge in [-0.3, -0.25) is 14.4 Å². The van der Waals surface area contributed by atoms with E-state index in [1.165, 1.54) is 0 Å². The molecule has 0 radical (unpaired) electrons. The van der Waals surface area contributed by atoms with Crippen LogP contribution in [0, 0.1) is 5.92 Å². The van der Waals surface area contributed by atoms with Crippen molar-refractivity contribution in [2.75, 3.05) is 19.7 Å². The van der Waals surface area contributed by atoms with Crippen LogP contribution in [0.1, 0.15) is 46.0 Å². The molecule has 7 nitrogen and oxygen atoms in total. The number of likely N-dealkylation sites (tertiary alicyclic amines) is 1. The molecule has 154 valence electrons. The van der Waals surface area contributed by atoms with Crippen LogP contribution in [-0.2, 0) is 14.4 Å². The fourth-order valence-electron chi connectivity index (χ4n) is 3.52. The van der Waals surface area contributed by atoms with Gasteiger partial charge in [0, 0.05) is 24.5 Å². The largest absolute Gasteiger partial charge is 0.484 e. The van der Waals surface area contributed by atoms with Gasteiger partial charge in [-0.05, 0) is 37.8 Å². The molecule has 28 heavy (non-hydrogen) atoms. The van der Waals surface area contributed by atoms with E-state index >= 15 is 0 Å². The molecule has 0 saturated carbocycles. The molecule has 1 fully saturated rings. The summed E-state index contributed by atoms with van der Waals surface area (Å²) in [4.78, 5) is 37.9. The highest BCUT2D eigenvalue weighted by molar-refractivity contribution is 5.82. The van der Waals surface area contributed by atoms with Crippen molar-refractivity contribution in [3.05, 3.63) is 30.3 Å². The molecule has 1 heterocycles. The van der Waals surface area contributed by atoms with Gasteiger partial charge in [0.25, 0.3) is 5.91 Å². The lowest BCUT2D eigenvalue weighted by Gasteiger charge is -2.36. The topological polar surface area (TPSA) is 95.9 Å². The zero-order chi connectivity index (χ0) is 20.6. The van der Waals surface area contributed by atoms with Crippen molar-refractivity contribution in [3.63, 3.8) is 0 Å². The second-order valence-corrected chi connectivity index (χ2v) is 7.30. The number of hydrogen-bond donors (Lipinski definition) is 2. The monoisotopic (exact) mass is 390 g/mol. The minimum Gasteiger partial charge on any atom is -0.484 e. The Hall–Kier alpha value is -2.57. The first kappa shape index (κ1) is 21.7. The maximum Gasteiger partial charge on any atom is 0.305 e. The molecule has 1 saturated heterocycles. The lowest BCUT2D eigenvalue weighted by molar-refractivity contribution is -0.141. The summed E-state index contributed by atoms with van der Waals surface area (Å²) >= 11 is 0. The average Bonchev–Trinajstić information content (AvgIpc) is 2.72. The number of benzene rings is 1. The first-order chi connectivity index (χ1) is 13.4. The lowest BCUT2D eigenvalue weighted by atomic mass is 9.87. The van der Waals surface area contributed by atoms with Crippen LogP contribution in [0.25, 0.3) is 0 Å². The minimum absolute atomic E-state index is 0.0196. The Morgan fingerprint density at radius 3 is 2.29 bits per heavy atom. The van der Waals surface area contributed by atoms with Gasteiger partial charge in [0.05, 0.1) is 6.42 Å². The SMILES string of the molecule is CCC(CC)(CC(=O)O)NC(=O)C1CCN(C(=O)COc2ccccc2)CC1. The number of hydrogen-bond acceptors (Lipinski definition) is 4. The molecular weight excluding hydrogens is 360 g/mol. The molecular formula is C21H30N2O5. The number of rotatable bonds is 9. The quantitative estimate of drug-likeness (QED) is 0.675. The molecule has 2 amide bonds. The number of amides is 2. The molecule has 2 rings (SSSR count). The number of aliphatic carboxylic acids is 1. The van der Waals surface area contributed by atoms with E-state index in [1.807, 2.05) is 32.0 Å². The van der Waals surface area contributed by atoms with Crippen LogP contribution in [0.15, 0.2) is 30.3 Å². The molecule has 7 heteroatoms. The molecule has 2 N–H and O–H groups in total. The third kappa shape index (κ3) is 5.97. The summed E-state index contributed by atoms with van der Waals surface area (Å²) in [6.07, 6.45) is 2.18. The Kier molecular flexibility index (Phi) is 7.84. The number of carbonyl (C=O) groups is 3. The van der Waals surface area contributed by atoms with Crippen molar-refractivity contribution in [2.45, 2.75) is 51.5 Å². The van der Waals surface area contributed by atoms with Gasteiger partial charge in [-0.1, -0.05) is 32.0 Å². The Morgan fingerprint density at radius 1 is 1.14 bits per heavy atom. The fourth-order valence-corrected chi connectivity index (χ4v) is 3.52. The third-order valence-electron chi connectivity index (χ3n) is 5.56. The molecule has 0 unspecified atom stereocenters. The molecule has 0 spiro atoms. The van der Waals surface area contributed by atoms with E-state index < -0.39 is 11.5 Å². The van der Waals surface area contributed by atoms with E-state index in [0.29, 0.717) is 44.5 Å². The van der Waals surface area contributed by atoms with E-state index in [-0.39, 0.29) is 30.8 Å². The third-order valence-corrected chi connectivity index (χ3v) is 5.56. The number of nitrogens with one attached hydrogen (secondary N) is 1. The summed E-state index contributed by atoms with van der Waals surface area (Å²) in [6.45, 7) is 4.76. The first-order valence-corrected chi connectivity index (χ1v) is 9.88. The van der Waals surface area contributed by atoms with Crippen molar-refractivity contribution >= 4 is 17.8 Å². The predicted molar refractivity (Wildman–Crippen MR) is 105 cm³/mol. The molecule has 1 aromatic carbocycles. The molecule has 0 aromatic heterocycles. The summed E-state index contributed by atoms with van der Waals surface area (Å²) in [6, 6.07) is 9.18. The molecule has 1 aliphatic rings. The fraction of sp³-hybridized carbons (Fsp3) is 0.571. The predicted octanol–water partition coefficient (Wildman–Crippen LogP) is 2.45. The van der Waals surface area contributed by atoms with Gasteiger partial charge in [0.2, 0.25) is 5.91 Å². The summed E-state index contributed by atoms with van der Waals surface area (Å²) in [5.74, 6) is -0.671. The summed E-state index contributed by atoms with van der Waals surface area (Å²) in [7, 11) is 0. The number of nitrogens with zero attached hydrogens (tertiary/aromatic N) is 1. The van der Waals surface area contributed by atoms with Crippen LogP contribution < -0.4 is 10.1 Å². The van der Waals surface area contributed by atoms with Gasteiger partial charge < -0.3 is 20.1 Å². The second-order valence-electron chi connectivity index (χ2n) is 7.30. The standard InChI is InChI=1S/C21H30N2O5/c1-3-21(4-2,14-19(25)26)22-20(27)16-10-12-23(13-11-16)18(24)15-28-17-8-6-5-7-9-17/h5-9,16H,3-4,10-15H2,1-2H3,(H,22,27)(H,25,26). The number of carboxylic acids is 1. The highest BCUT2D eigenvalue weighted by atomic mass is 16.5. The number of piperidine rings is 1. The van der Waals surface area contributed by atoms with E-state index in [2.05, 4.69) is 5.32 Å². The smallest absolute Gasteiger partial charge is 0.305 e. The number of carboxylic acid groups (broad SMARTS) is 1. The number of carbonyl (C=O) groups excluding carboxylic acids is 2. The zero-order valence-corrected chi connectivity index (χ0v) is 16.6. The Bertz CT molecular complexity index is 665. The zero-order valence-electron chi connectivity index (χ0n) is 16.6. The molecule has 1 aromatic rings. The molecule has 1 aliphatic heterocycles. The van der Waals surface area contributed by atoms with Crippen molar-refractivity contribution < 1.29 is 24.2 Å². The highest BCUT2D eigenvalue weighted by Gasteiger charge is 2.35. The maximum atomic E-state index is 12.7. The lowest BCUT2D eigenvalue weighted by Crippen LogP contribution is -2.53. The highest BCUT2D eigenvalue weighted by Crippen LogP contribution is 2.24. The molecule has 0 bridgehead atoms. The minimum atomic E-state index is -0.914. The van der Waals surface area contributed by atoms with Gasteiger partial charge in [-0.2, -0.15) is 0 Å². The van der Waals surface area contributed by atoms with E-state index in [0.717, 1.165) is 0 Å². The van der Waals surface area contributed by atoms with Gasteiger partial charge in [0.15, 0.2) is 6.61 Å². The van der Waals surface area contributed by atoms with Crippen molar-refractivity contribution in [1.82, 2.24) is 10.2 Å². The van der Waals surface area contributed by atoms with Crippen LogP contribution in [0.2, 0.25) is 0 Å². The van der Waals surface area contributed by atoms with Gasteiger partial charge >= 0.3 is 5.97 Å². The van der Waals surface area contributed by atoms with Crippen LogP contribution in [-0.4, -0.2) is 53.0 Å². The Balaban J connectivity index is 1.82. The first-order valence-electron chi connectivity index (χ1n) is 9.88. The van der Waals surface area contributed by atoms with Gasteiger partial charge in [-0.15, -0.1) is 0 Å². The normalized spacial score (nSPS) is 15.1. The summed E-state index contributed by atoms with van der Waals surface area (Å²) in [5.41, 5.74) is -0.709. The van der Waals surface area contributed by atoms with E-state index in [9.17, 15) is 14.4 Å². The Labute approximate surface area is 166 Å². The van der Waals surface area contributed by atoms with Gasteiger partial charge in [-0.25, -0.2) is 0 Å². The molecule has 0 atom stereocenters. The van der Waals surface area contributed by atoms with Crippen LogP contribution in [0.5, 0.6) is 5.75 Å². The van der Waals surface area contributed by atoms with Gasteiger partial charge in [0.1, 0.15) is 5.75 Å². The maximum absolute atomic E-state index is 12.7. The summed E-state index contributed by atoms with van der Waals surface area (Å²) < 4.78 is 5.50. The Morgan fingerprint density at radius 2 is 1.75 bits per heavy atom. The van der Waals surface area contributed by atoms with Crippen molar-refractivity contribution in [3.8, 4) is 5.75 Å². The summed E-state index contributed by atoms with van der Waals surface area (Å²) in [5, 5.41) is 12.1. The van der Waals surface area contributed by atoms with Crippen molar-refractivity contribution in [2.24, 2.45) is 5.92 Å². The average molecular weight is 390 g/mol. The van der Waals surface area contributed by atoms with E-state index in [4.69, 9.17) is 9.84 Å². The molecule has 0 aliphatic carbocycles. The number of ether oxygens (including phenoxy) is 1. The number of para-hydroxylation sites is 1. The second kappa shape index (κ2) is 10.1. The van der Waals surface area contributed by atoms with Crippen LogP contribution in [0.3, 0.4) is 0 Å². The van der Waals surface area contributed by atoms with E-state index in [1.54, 1.807) is 17.0 Å².